The van der Waals surface area contributed by atoms with Crippen LogP contribution in [-0.4, -0.2) is 24.1 Å². The molecule has 0 saturated heterocycles. The van der Waals surface area contributed by atoms with Crippen LogP contribution < -0.4 is 10.1 Å². The predicted molar refractivity (Wildman–Crippen MR) is 109 cm³/mol. The van der Waals surface area contributed by atoms with Gasteiger partial charge in [0, 0.05) is 5.69 Å². The van der Waals surface area contributed by atoms with Gasteiger partial charge in [0.15, 0.2) is 0 Å². The molecular weight excluding hydrogens is 354 g/mol. The summed E-state index contributed by atoms with van der Waals surface area (Å²) in [5.74, 6) is -1.61. The number of anilines is 1. The topological polar surface area (TPSA) is 75.6 Å². The van der Waals surface area contributed by atoms with E-state index in [1.165, 1.54) is 0 Å². The highest BCUT2D eigenvalue weighted by molar-refractivity contribution is 5.98. The normalized spacial score (nSPS) is 16.3. The second-order valence-electron chi connectivity index (χ2n) is 7.44. The molecular formula is C23H27NO4. The second-order valence-corrected chi connectivity index (χ2v) is 7.44. The van der Waals surface area contributed by atoms with E-state index in [4.69, 9.17) is 4.74 Å². The van der Waals surface area contributed by atoms with Crippen molar-refractivity contribution in [3.8, 4) is 5.75 Å². The van der Waals surface area contributed by atoms with Crippen molar-refractivity contribution >= 4 is 17.6 Å². The van der Waals surface area contributed by atoms with Crippen molar-refractivity contribution in [2.75, 3.05) is 12.4 Å². The Labute approximate surface area is 165 Å². The Morgan fingerprint density at radius 3 is 2.29 bits per heavy atom. The molecule has 0 heterocycles. The SMILES string of the molecule is COc1ccc(NC(=O)C(c2ccccc2)C(CC2CCCC2)C(=O)O)cc1. The van der Waals surface area contributed by atoms with Crippen LogP contribution in [0.3, 0.4) is 0 Å². The average Bonchev–Trinajstić information content (AvgIpc) is 3.22. The van der Waals surface area contributed by atoms with Crippen LogP contribution >= 0.6 is 0 Å². The van der Waals surface area contributed by atoms with E-state index >= 15 is 0 Å². The van der Waals surface area contributed by atoms with Gasteiger partial charge in [0.1, 0.15) is 5.75 Å². The summed E-state index contributed by atoms with van der Waals surface area (Å²) in [6, 6.07) is 16.3. The minimum Gasteiger partial charge on any atom is -0.497 e. The molecule has 3 rings (SSSR count). The highest BCUT2D eigenvalue weighted by atomic mass is 16.5. The number of benzene rings is 2. The third-order valence-electron chi connectivity index (χ3n) is 5.58. The number of carbonyl (C=O) groups is 2. The summed E-state index contributed by atoms with van der Waals surface area (Å²) < 4.78 is 5.14. The molecule has 5 heteroatoms. The van der Waals surface area contributed by atoms with Crippen LogP contribution in [0, 0.1) is 11.8 Å². The first kappa shape index (κ1) is 19.9. The lowest BCUT2D eigenvalue weighted by molar-refractivity contribution is -0.145. The van der Waals surface area contributed by atoms with Crippen molar-refractivity contribution in [3.63, 3.8) is 0 Å². The number of methoxy groups -OCH3 is 1. The molecule has 2 aromatic rings. The molecule has 1 aliphatic rings. The van der Waals surface area contributed by atoms with Crippen LogP contribution in [-0.2, 0) is 9.59 Å². The Morgan fingerprint density at radius 1 is 1.07 bits per heavy atom. The molecule has 148 valence electrons. The fraction of sp³-hybridized carbons (Fsp3) is 0.391. The van der Waals surface area contributed by atoms with Gasteiger partial charge < -0.3 is 15.2 Å². The van der Waals surface area contributed by atoms with Gasteiger partial charge in [-0.05, 0) is 42.2 Å². The molecule has 2 aromatic carbocycles. The maximum absolute atomic E-state index is 13.2. The lowest BCUT2D eigenvalue weighted by Gasteiger charge is -2.26. The highest BCUT2D eigenvalue weighted by Crippen LogP contribution is 2.37. The molecule has 2 atom stereocenters. The zero-order chi connectivity index (χ0) is 19.9. The zero-order valence-corrected chi connectivity index (χ0v) is 16.1. The van der Waals surface area contributed by atoms with E-state index in [0.29, 0.717) is 23.8 Å². The highest BCUT2D eigenvalue weighted by Gasteiger charge is 2.37. The Balaban J connectivity index is 1.86. The number of carboxylic acids is 1. The molecule has 0 bridgehead atoms. The first-order valence-corrected chi connectivity index (χ1v) is 9.81. The van der Waals surface area contributed by atoms with Crippen molar-refractivity contribution in [3.05, 3.63) is 60.2 Å². The van der Waals surface area contributed by atoms with Gasteiger partial charge in [-0.2, -0.15) is 0 Å². The van der Waals surface area contributed by atoms with Crippen molar-refractivity contribution in [2.45, 2.75) is 38.0 Å². The van der Waals surface area contributed by atoms with Crippen molar-refractivity contribution < 1.29 is 19.4 Å². The van der Waals surface area contributed by atoms with Gasteiger partial charge in [0.25, 0.3) is 0 Å². The van der Waals surface area contributed by atoms with E-state index < -0.39 is 17.8 Å². The predicted octanol–water partition coefficient (Wildman–Crippen LogP) is 4.70. The number of rotatable bonds is 8. The Hall–Kier alpha value is -2.82. The number of nitrogens with one attached hydrogen (secondary N) is 1. The lowest BCUT2D eigenvalue weighted by atomic mass is 9.79. The van der Waals surface area contributed by atoms with E-state index in [1.807, 2.05) is 30.3 Å². The number of carboxylic acid groups (broad SMARTS) is 1. The van der Waals surface area contributed by atoms with Crippen LogP contribution in [0.15, 0.2) is 54.6 Å². The molecule has 0 aromatic heterocycles. The minimum absolute atomic E-state index is 0.290. The number of hydrogen-bond acceptors (Lipinski definition) is 3. The summed E-state index contributed by atoms with van der Waals surface area (Å²) in [7, 11) is 1.58. The Bertz CT molecular complexity index is 782. The van der Waals surface area contributed by atoms with Gasteiger partial charge in [-0.15, -0.1) is 0 Å². The van der Waals surface area contributed by atoms with E-state index in [0.717, 1.165) is 31.2 Å². The number of ether oxygens (including phenoxy) is 1. The molecule has 1 aliphatic carbocycles. The molecule has 2 N–H and O–H groups in total. The van der Waals surface area contributed by atoms with Gasteiger partial charge in [0.2, 0.25) is 5.91 Å². The number of hydrogen-bond donors (Lipinski definition) is 2. The van der Waals surface area contributed by atoms with Crippen LogP contribution in [0.5, 0.6) is 5.75 Å². The van der Waals surface area contributed by atoms with Gasteiger partial charge in [-0.25, -0.2) is 0 Å². The Morgan fingerprint density at radius 2 is 1.71 bits per heavy atom. The smallest absolute Gasteiger partial charge is 0.307 e. The summed E-state index contributed by atoms with van der Waals surface area (Å²) in [4.78, 5) is 25.3. The summed E-state index contributed by atoms with van der Waals surface area (Å²) in [6.45, 7) is 0. The van der Waals surface area contributed by atoms with Gasteiger partial charge >= 0.3 is 5.97 Å². The third kappa shape index (κ3) is 4.91. The van der Waals surface area contributed by atoms with E-state index in [9.17, 15) is 14.7 Å². The molecule has 28 heavy (non-hydrogen) atoms. The van der Waals surface area contributed by atoms with Gasteiger partial charge in [0.05, 0.1) is 18.9 Å². The van der Waals surface area contributed by atoms with E-state index in [1.54, 1.807) is 31.4 Å². The molecule has 1 saturated carbocycles. The molecule has 0 aliphatic heterocycles. The largest absolute Gasteiger partial charge is 0.497 e. The van der Waals surface area contributed by atoms with Crippen molar-refractivity contribution in [1.82, 2.24) is 0 Å². The van der Waals surface area contributed by atoms with E-state index in [2.05, 4.69) is 5.32 Å². The molecule has 1 amide bonds. The Kier molecular flexibility index (Phi) is 6.69. The zero-order valence-electron chi connectivity index (χ0n) is 16.1. The minimum atomic E-state index is -0.911. The summed E-state index contributed by atoms with van der Waals surface area (Å²) in [6.07, 6.45) is 4.91. The summed E-state index contributed by atoms with van der Waals surface area (Å²) in [5, 5.41) is 12.8. The number of amides is 1. The summed E-state index contributed by atoms with van der Waals surface area (Å²) in [5.41, 5.74) is 1.36. The standard InChI is InChI=1S/C23H27NO4/c1-28-19-13-11-18(12-14-19)24-22(25)21(17-9-3-2-4-10-17)20(23(26)27)15-16-7-5-6-8-16/h2-4,9-14,16,20-21H,5-8,15H2,1H3,(H,24,25)(H,26,27). The molecule has 2 unspecified atom stereocenters. The van der Waals surface area contributed by atoms with Gasteiger partial charge in [-0.3, -0.25) is 9.59 Å². The first-order chi connectivity index (χ1) is 13.6. The number of carbonyl (C=O) groups excluding carboxylic acids is 1. The molecule has 0 radical (unpaired) electrons. The molecule has 5 nitrogen and oxygen atoms in total. The average molecular weight is 381 g/mol. The second kappa shape index (κ2) is 9.40. The van der Waals surface area contributed by atoms with Crippen LogP contribution in [0.2, 0.25) is 0 Å². The maximum Gasteiger partial charge on any atom is 0.307 e. The van der Waals surface area contributed by atoms with Crippen LogP contribution in [0.1, 0.15) is 43.6 Å². The lowest BCUT2D eigenvalue weighted by Crippen LogP contribution is -2.33. The van der Waals surface area contributed by atoms with Crippen molar-refractivity contribution in [2.24, 2.45) is 11.8 Å². The van der Waals surface area contributed by atoms with Crippen molar-refractivity contribution in [1.29, 1.82) is 0 Å². The molecule has 0 spiro atoms. The van der Waals surface area contributed by atoms with Crippen LogP contribution in [0.25, 0.3) is 0 Å². The third-order valence-corrected chi connectivity index (χ3v) is 5.58. The number of aliphatic carboxylic acids is 1. The molecule has 1 fully saturated rings. The fourth-order valence-corrected chi connectivity index (χ4v) is 4.11. The quantitative estimate of drug-likeness (QED) is 0.695. The monoisotopic (exact) mass is 381 g/mol. The first-order valence-electron chi connectivity index (χ1n) is 9.81. The maximum atomic E-state index is 13.2. The van der Waals surface area contributed by atoms with Crippen LogP contribution in [0.4, 0.5) is 5.69 Å². The fourth-order valence-electron chi connectivity index (χ4n) is 4.11. The summed E-state index contributed by atoms with van der Waals surface area (Å²) >= 11 is 0. The van der Waals surface area contributed by atoms with E-state index in [-0.39, 0.29) is 5.91 Å². The van der Waals surface area contributed by atoms with Gasteiger partial charge in [-0.1, -0.05) is 56.0 Å².